The van der Waals surface area contributed by atoms with Gasteiger partial charge < -0.3 is 15.0 Å². The van der Waals surface area contributed by atoms with Crippen molar-refractivity contribution in [3.8, 4) is 0 Å². The molecule has 5 nitrogen and oxygen atoms in total. The van der Waals surface area contributed by atoms with Gasteiger partial charge in [0.25, 0.3) is 5.56 Å². The zero-order valence-electron chi connectivity index (χ0n) is 8.83. The number of H-pyrrole nitrogens is 1. The largest absolute Gasteiger partial charge is 0.381 e. The second-order valence-electron chi connectivity index (χ2n) is 3.86. The lowest BCUT2D eigenvalue weighted by atomic mass is 10.0. The molecule has 1 aromatic rings. The van der Waals surface area contributed by atoms with Gasteiger partial charge in [0.05, 0.1) is 12.9 Å². The molecule has 2 heterocycles. The molecule has 0 aromatic carbocycles. The minimum atomic E-state index is -0.0991. The van der Waals surface area contributed by atoms with Crippen LogP contribution in [0.5, 0.6) is 0 Å². The third-order valence-electron chi connectivity index (χ3n) is 2.61. The highest BCUT2D eigenvalue weighted by molar-refractivity contribution is 14.1. The zero-order chi connectivity index (χ0) is 11.4. The Balaban J connectivity index is 1.93. The number of rotatable bonds is 3. The molecule has 16 heavy (non-hydrogen) atoms. The Morgan fingerprint density at radius 1 is 1.69 bits per heavy atom. The van der Waals surface area contributed by atoms with Gasteiger partial charge in [0, 0.05) is 13.2 Å². The van der Waals surface area contributed by atoms with Gasteiger partial charge >= 0.3 is 0 Å². The summed E-state index contributed by atoms with van der Waals surface area (Å²) in [6.07, 6.45) is 3.71. The maximum Gasteiger partial charge on any atom is 0.266 e. The summed E-state index contributed by atoms with van der Waals surface area (Å²) < 4.78 is 6.00. The fraction of sp³-hybridized carbons (Fsp3) is 0.600. The highest BCUT2D eigenvalue weighted by atomic mass is 127. The van der Waals surface area contributed by atoms with Gasteiger partial charge in [0.2, 0.25) is 0 Å². The molecule has 88 valence electrons. The van der Waals surface area contributed by atoms with Gasteiger partial charge in [-0.2, -0.15) is 0 Å². The molecule has 0 spiro atoms. The molecule has 0 aliphatic carbocycles. The second-order valence-corrected chi connectivity index (χ2v) is 4.94. The molecule has 1 aliphatic rings. The number of nitrogens with zero attached hydrogens (tertiary/aromatic N) is 1. The molecule has 1 aliphatic heterocycles. The van der Waals surface area contributed by atoms with Crippen LogP contribution in [0.3, 0.4) is 0 Å². The Labute approximate surface area is 107 Å². The Morgan fingerprint density at radius 2 is 2.56 bits per heavy atom. The van der Waals surface area contributed by atoms with E-state index in [2.05, 4.69) is 15.3 Å². The van der Waals surface area contributed by atoms with Gasteiger partial charge in [-0.05, 0) is 41.4 Å². The van der Waals surface area contributed by atoms with Crippen LogP contribution in [0.15, 0.2) is 11.1 Å². The monoisotopic (exact) mass is 335 g/mol. The molecular weight excluding hydrogens is 321 g/mol. The van der Waals surface area contributed by atoms with Crippen LogP contribution in [-0.2, 0) is 4.74 Å². The van der Waals surface area contributed by atoms with Crippen LogP contribution in [0, 0.1) is 9.49 Å². The first-order valence-corrected chi connectivity index (χ1v) is 6.40. The molecule has 2 rings (SSSR count). The minimum Gasteiger partial charge on any atom is -0.381 e. The van der Waals surface area contributed by atoms with E-state index in [1.807, 2.05) is 22.6 Å². The average molecular weight is 335 g/mol. The molecule has 1 fully saturated rings. The summed E-state index contributed by atoms with van der Waals surface area (Å²) in [5.74, 6) is 1.18. The van der Waals surface area contributed by atoms with Crippen LogP contribution in [0.25, 0.3) is 0 Å². The summed E-state index contributed by atoms with van der Waals surface area (Å²) >= 11 is 2.00. The molecule has 1 atom stereocenters. The fourth-order valence-electron chi connectivity index (χ4n) is 1.72. The van der Waals surface area contributed by atoms with Crippen LogP contribution in [0.4, 0.5) is 5.82 Å². The summed E-state index contributed by atoms with van der Waals surface area (Å²) in [4.78, 5) is 18.0. The summed E-state index contributed by atoms with van der Waals surface area (Å²) in [5.41, 5.74) is -0.0991. The Bertz CT molecular complexity index is 401. The highest BCUT2D eigenvalue weighted by Gasteiger charge is 2.14. The second kappa shape index (κ2) is 5.62. The molecule has 0 radical (unpaired) electrons. The van der Waals surface area contributed by atoms with Crippen molar-refractivity contribution in [2.75, 3.05) is 25.1 Å². The number of aromatic amines is 1. The topological polar surface area (TPSA) is 67.0 Å². The Kier molecular flexibility index (Phi) is 4.16. The third-order valence-corrected chi connectivity index (χ3v) is 3.61. The van der Waals surface area contributed by atoms with E-state index in [1.165, 1.54) is 12.7 Å². The summed E-state index contributed by atoms with van der Waals surface area (Å²) in [6, 6.07) is 0. The van der Waals surface area contributed by atoms with E-state index < -0.39 is 0 Å². The third kappa shape index (κ3) is 2.94. The van der Waals surface area contributed by atoms with Crippen molar-refractivity contribution in [1.82, 2.24) is 9.97 Å². The number of hydrogen-bond donors (Lipinski definition) is 2. The average Bonchev–Trinajstić information content (AvgIpc) is 2.32. The fourth-order valence-corrected chi connectivity index (χ4v) is 2.20. The predicted octanol–water partition coefficient (Wildman–Crippen LogP) is 1.21. The van der Waals surface area contributed by atoms with Crippen molar-refractivity contribution in [3.05, 3.63) is 20.3 Å². The zero-order valence-corrected chi connectivity index (χ0v) is 11.0. The molecule has 1 saturated heterocycles. The summed E-state index contributed by atoms with van der Waals surface area (Å²) in [7, 11) is 0. The van der Waals surface area contributed by atoms with E-state index >= 15 is 0 Å². The summed E-state index contributed by atoms with van der Waals surface area (Å²) in [6.45, 7) is 2.48. The Hall–Kier alpha value is -0.630. The van der Waals surface area contributed by atoms with Crippen molar-refractivity contribution in [2.45, 2.75) is 12.8 Å². The quantitative estimate of drug-likeness (QED) is 0.815. The first-order chi connectivity index (χ1) is 7.77. The standard InChI is InChI=1S/C10H14IN3O2/c11-8-9(13-6-14-10(8)15)12-4-7-2-1-3-16-5-7/h6-7H,1-5H2,(H2,12,13,14,15). The van der Waals surface area contributed by atoms with E-state index in [0.717, 1.165) is 26.2 Å². The molecule has 0 saturated carbocycles. The van der Waals surface area contributed by atoms with Gasteiger partial charge in [-0.25, -0.2) is 4.98 Å². The predicted molar refractivity (Wildman–Crippen MR) is 69.6 cm³/mol. The normalized spacial score (nSPS) is 20.7. The lowest BCUT2D eigenvalue weighted by Gasteiger charge is -2.22. The maximum absolute atomic E-state index is 11.3. The lowest BCUT2D eigenvalue weighted by Crippen LogP contribution is -2.25. The number of anilines is 1. The van der Waals surface area contributed by atoms with Crippen LogP contribution in [0.1, 0.15) is 12.8 Å². The van der Waals surface area contributed by atoms with E-state index in [4.69, 9.17) is 4.74 Å². The first kappa shape index (κ1) is 11.8. The lowest BCUT2D eigenvalue weighted by molar-refractivity contribution is 0.0594. The van der Waals surface area contributed by atoms with E-state index in [9.17, 15) is 4.79 Å². The molecule has 1 aromatic heterocycles. The number of hydrogen-bond acceptors (Lipinski definition) is 4. The SMILES string of the molecule is O=c1[nH]cnc(NCC2CCCOC2)c1I. The van der Waals surface area contributed by atoms with Crippen molar-refractivity contribution >= 4 is 28.4 Å². The number of nitrogens with one attached hydrogen (secondary N) is 2. The number of halogens is 1. The van der Waals surface area contributed by atoms with Crippen molar-refractivity contribution in [2.24, 2.45) is 5.92 Å². The molecular formula is C10H14IN3O2. The van der Waals surface area contributed by atoms with Gasteiger partial charge in [-0.1, -0.05) is 0 Å². The van der Waals surface area contributed by atoms with Gasteiger partial charge in [-0.15, -0.1) is 0 Å². The summed E-state index contributed by atoms with van der Waals surface area (Å²) in [5, 5.41) is 3.20. The smallest absolute Gasteiger partial charge is 0.266 e. The molecule has 0 bridgehead atoms. The highest BCUT2D eigenvalue weighted by Crippen LogP contribution is 2.15. The first-order valence-electron chi connectivity index (χ1n) is 5.32. The number of ether oxygens (including phenoxy) is 1. The van der Waals surface area contributed by atoms with Crippen molar-refractivity contribution in [3.63, 3.8) is 0 Å². The van der Waals surface area contributed by atoms with Crippen LogP contribution >= 0.6 is 22.6 Å². The maximum atomic E-state index is 11.3. The molecule has 6 heteroatoms. The van der Waals surface area contributed by atoms with Gasteiger partial charge in [-0.3, -0.25) is 4.79 Å². The molecule has 2 N–H and O–H groups in total. The molecule has 0 amide bonds. The van der Waals surface area contributed by atoms with Crippen LogP contribution in [-0.4, -0.2) is 29.7 Å². The van der Waals surface area contributed by atoms with E-state index in [-0.39, 0.29) is 5.56 Å². The van der Waals surface area contributed by atoms with Gasteiger partial charge in [0.15, 0.2) is 0 Å². The van der Waals surface area contributed by atoms with Gasteiger partial charge in [0.1, 0.15) is 9.39 Å². The van der Waals surface area contributed by atoms with E-state index in [1.54, 1.807) is 0 Å². The van der Waals surface area contributed by atoms with Crippen molar-refractivity contribution in [1.29, 1.82) is 0 Å². The minimum absolute atomic E-state index is 0.0991. The van der Waals surface area contributed by atoms with E-state index in [0.29, 0.717) is 15.3 Å². The van der Waals surface area contributed by atoms with Crippen molar-refractivity contribution < 1.29 is 4.74 Å². The van der Waals surface area contributed by atoms with Crippen LogP contribution in [0.2, 0.25) is 0 Å². The Morgan fingerprint density at radius 3 is 3.31 bits per heavy atom. The van der Waals surface area contributed by atoms with Crippen LogP contribution < -0.4 is 10.9 Å². The molecule has 1 unspecified atom stereocenters. The number of aromatic nitrogens is 2.